The fourth-order valence-corrected chi connectivity index (χ4v) is 5.00. The number of hydrogen-bond acceptors (Lipinski definition) is 7. The van der Waals surface area contributed by atoms with Gasteiger partial charge in [0.2, 0.25) is 5.75 Å². The molecule has 0 spiro atoms. The average Bonchev–Trinajstić information content (AvgIpc) is 2.88. The molecule has 0 aliphatic heterocycles. The Morgan fingerprint density at radius 3 is 2.14 bits per heavy atom. The lowest BCUT2D eigenvalue weighted by molar-refractivity contribution is -0.119. The van der Waals surface area contributed by atoms with Gasteiger partial charge < -0.3 is 14.2 Å². The van der Waals surface area contributed by atoms with Gasteiger partial charge in [0, 0.05) is 10.6 Å². The number of aryl methyl sites for hydroxylation is 2. The summed E-state index contributed by atoms with van der Waals surface area (Å²) in [6.07, 6.45) is 1.38. The third-order valence-corrected chi connectivity index (χ3v) is 7.62. The molecule has 0 aromatic heterocycles. The number of halogens is 1. The number of rotatable bonds is 10. The molecule has 1 N–H and O–H groups in total. The Kier molecular flexibility index (Phi) is 9.01. The number of carbonyl (C=O) groups is 1. The Morgan fingerprint density at radius 1 is 0.973 bits per heavy atom. The third-order valence-electron chi connectivity index (χ3n) is 5.43. The minimum atomic E-state index is -4.08. The largest absolute Gasteiger partial charge is 0.493 e. The lowest BCUT2D eigenvalue weighted by atomic mass is 10.2. The molecule has 0 saturated heterocycles. The maximum Gasteiger partial charge on any atom is 0.264 e. The van der Waals surface area contributed by atoms with Crippen LogP contribution in [0, 0.1) is 13.8 Å². The molecule has 0 heterocycles. The predicted octanol–water partition coefficient (Wildman–Crippen LogP) is 4.33. The van der Waals surface area contributed by atoms with E-state index in [1.807, 2.05) is 6.92 Å². The molecule has 0 saturated carbocycles. The van der Waals surface area contributed by atoms with Crippen LogP contribution in [0.15, 0.2) is 64.6 Å². The molecule has 0 unspecified atom stereocenters. The van der Waals surface area contributed by atoms with E-state index in [4.69, 9.17) is 25.8 Å². The number of nitrogens with zero attached hydrogens (tertiary/aromatic N) is 2. The molecule has 0 aliphatic carbocycles. The Hall–Kier alpha value is -3.76. The van der Waals surface area contributed by atoms with Crippen LogP contribution in [0.1, 0.15) is 16.7 Å². The van der Waals surface area contributed by atoms with Gasteiger partial charge in [-0.1, -0.05) is 35.4 Å². The van der Waals surface area contributed by atoms with E-state index in [1.54, 1.807) is 43.3 Å². The maximum absolute atomic E-state index is 13.5. The summed E-state index contributed by atoms with van der Waals surface area (Å²) < 4.78 is 43.9. The second-order valence-corrected chi connectivity index (χ2v) is 10.3. The van der Waals surface area contributed by atoms with Crippen molar-refractivity contribution in [2.45, 2.75) is 18.7 Å². The standard InChI is InChI=1S/C26H28ClN3O6S/c1-17-6-10-21(11-7-17)37(32,33)30(20-9-8-18(2)22(27)14-20)16-25(31)29-28-15-19-12-23(34-3)26(36-5)24(13-19)35-4/h6-15H,16H2,1-5H3,(H,29,31)/b28-15-. The number of amides is 1. The van der Waals surface area contributed by atoms with Crippen molar-refractivity contribution in [3.63, 3.8) is 0 Å². The quantitative estimate of drug-likeness (QED) is 0.300. The van der Waals surface area contributed by atoms with Gasteiger partial charge >= 0.3 is 0 Å². The first-order valence-electron chi connectivity index (χ1n) is 11.1. The van der Waals surface area contributed by atoms with Crippen molar-refractivity contribution in [2.24, 2.45) is 5.10 Å². The monoisotopic (exact) mass is 545 g/mol. The highest BCUT2D eigenvalue weighted by Gasteiger charge is 2.27. The molecule has 1 amide bonds. The van der Waals surface area contributed by atoms with Gasteiger partial charge in [-0.3, -0.25) is 9.10 Å². The van der Waals surface area contributed by atoms with Crippen molar-refractivity contribution < 1.29 is 27.4 Å². The highest BCUT2D eigenvalue weighted by atomic mass is 35.5. The van der Waals surface area contributed by atoms with Gasteiger partial charge in [-0.25, -0.2) is 13.8 Å². The first-order valence-corrected chi connectivity index (χ1v) is 12.9. The molecule has 9 nitrogen and oxygen atoms in total. The van der Waals surface area contributed by atoms with E-state index in [-0.39, 0.29) is 10.6 Å². The van der Waals surface area contributed by atoms with Crippen LogP contribution in [-0.4, -0.2) is 48.4 Å². The van der Waals surface area contributed by atoms with Gasteiger partial charge in [0.15, 0.2) is 11.5 Å². The SMILES string of the molecule is COc1cc(/C=N\NC(=O)CN(c2ccc(C)c(Cl)c2)S(=O)(=O)c2ccc(C)cc2)cc(OC)c1OC. The molecule has 37 heavy (non-hydrogen) atoms. The topological polar surface area (TPSA) is 107 Å². The first kappa shape index (κ1) is 27.8. The van der Waals surface area contributed by atoms with Gasteiger partial charge in [0.1, 0.15) is 6.54 Å². The normalized spacial score (nSPS) is 11.3. The summed E-state index contributed by atoms with van der Waals surface area (Å²) in [5.74, 6) is 0.596. The number of sulfonamides is 1. The van der Waals surface area contributed by atoms with Crippen molar-refractivity contribution >= 4 is 39.4 Å². The smallest absolute Gasteiger partial charge is 0.264 e. The van der Waals surface area contributed by atoms with Crippen LogP contribution in [0.2, 0.25) is 5.02 Å². The number of nitrogens with one attached hydrogen (secondary N) is 1. The predicted molar refractivity (Wildman–Crippen MR) is 144 cm³/mol. The van der Waals surface area contributed by atoms with E-state index in [0.29, 0.717) is 27.8 Å². The molecule has 3 rings (SSSR count). The minimum Gasteiger partial charge on any atom is -0.493 e. The lowest BCUT2D eigenvalue weighted by Gasteiger charge is -2.24. The summed E-state index contributed by atoms with van der Waals surface area (Å²) in [5, 5.41) is 4.35. The van der Waals surface area contributed by atoms with Gasteiger partial charge in [0.05, 0.1) is 38.1 Å². The Morgan fingerprint density at radius 2 is 1.59 bits per heavy atom. The van der Waals surface area contributed by atoms with E-state index in [2.05, 4.69) is 10.5 Å². The summed E-state index contributed by atoms with van der Waals surface area (Å²) in [6, 6.07) is 14.5. The number of methoxy groups -OCH3 is 3. The lowest BCUT2D eigenvalue weighted by Crippen LogP contribution is -2.39. The molecule has 0 aliphatic rings. The van der Waals surface area contributed by atoms with Crippen LogP contribution in [0.3, 0.4) is 0 Å². The number of hydrogen-bond donors (Lipinski definition) is 1. The molecule has 3 aromatic carbocycles. The van der Waals surface area contributed by atoms with E-state index >= 15 is 0 Å². The van der Waals surface area contributed by atoms with E-state index in [9.17, 15) is 13.2 Å². The number of anilines is 1. The molecule has 196 valence electrons. The Labute approximate surface area is 221 Å². The summed E-state index contributed by atoms with van der Waals surface area (Å²) in [5.41, 5.74) is 4.86. The molecular formula is C26H28ClN3O6S. The van der Waals surface area contributed by atoms with E-state index in [0.717, 1.165) is 15.4 Å². The van der Waals surface area contributed by atoms with Crippen molar-refractivity contribution in [3.8, 4) is 17.2 Å². The number of benzene rings is 3. The zero-order chi connectivity index (χ0) is 27.2. The minimum absolute atomic E-state index is 0.0449. The number of carbonyl (C=O) groups excluding carboxylic acids is 1. The van der Waals surface area contributed by atoms with Crippen LogP contribution >= 0.6 is 11.6 Å². The molecule has 0 bridgehead atoms. The zero-order valence-electron chi connectivity index (χ0n) is 21.1. The van der Waals surface area contributed by atoms with Crippen LogP contribution in [0.5, 0.6) is 17.2 Å². The highest BCUT2D eigenvalue weighted by Crippen LogP contribution is 2.37. The second-order valence-electron chi connectivity index (χ2n) is 8.01. The van der Waals surface area contributed by atoms with Gasteiger partial charge in [-0.2, -0.15) is 5.10 Å². The Bertz CT molecular complexity index is 1380. The summed E-state index contributed by atoms with van der Waals surface area (Å²) in [6.45, 7) is 3.13. The van der Waals surface area contributed by atoms with Crippen LogP contribution in [0.4, 0.5) is 5.69 Å². The summed E-state index contributed by atoms with van der Waals surface area (Å²) in [4.78, 5) is 12.9. The fourth-order valence-electron chi connectivity index (χ4n) is 3.41. The second kappa shape index (κ2) is 12.0. The fraction of sp³-hybridized carbons (Fsp3) is 0.231. The molecule has 0 atom stereocenters. The van der Waals surface area contributed by atoms with Gasteiger partial charge in [-0.15, -0.1) is 0 Å². The van der Waals surface area contributed by atoms with Crippen molar-refractivity contribution in [1.82, 2.24) is 5.43 Å². The van der Waals surface area contributed by atoms with E-state index < -0.39 is 22.5 Å². The molecular weight excluding hydrogens is 518 g/mol. The molecule has 0 radical (unpaired) electrons. The van der Waals surface area contributed by atoms with E-state index in [1.165, 1.54) is 45.7 Å². The van der Waals surface area contributed by atoms with Crippen molar-refractivity contribution in [2.75, 3.05) is 32.2 Å². The van der Waals surface area contributed by atoms with Crippen molar-refractivity contribution in [3.05, 3.63) is 76.3 Å². The average molecular weight is 546 g/mol. The molecule has 3 aromatic rings. The first-order chi connectivity index (χ1) is 17.6. The zero-order valence-corrected chi connectivity index (χ0v) is 22.7. The maximum atomic E-state index is 13.5. The molecule has 0 fully saturated rings. The van der Waals surface area contributed by atoms with Crippen LogP contribution < -0.4 is 23.9 Å². The summed E-state index contributed by atoms with van der Waals surface area (Å²) in [7, 11) is 0.382. The molecule has 11 heteroatoms. The summed E-state index contributed by atoms with van der Waals surface area (Å²) >= 11 is 6.26. The van der Waals surface area contributed by atoms with Crippen LogP contribution in [-0.2, 0) is 14.8 Å². The third kappa shape index (κ3) is 6.52. The van der Waals surface area contributed by atoms with Gasteiger partial charge in [-0.05, 0) is 55.8 Å². The number of hydrazone groups is 1. The van der Waals surface area contributed by atoms with Gasteiger partial charge in [0.25, 0.3) is 15.9 Å². The Balaban J connectivity index is 1.87. The number of ether oxygens (including phenoxy) is 3. The van der Waals surface area contributed by atoms with Crippen molar-refractivity contribution in [1.29, 1.82) is 0 Å². The highest BCUT2D eigenvalue weighted by molar-refractivity contribution is 7.92. The van der Waals surface area contributed by atoms with Crippen LogP contribution in [0.25, 0.3) is 0 Å².